The number of fused-ring (bicyclic) bond motifs is 1. The first-order valence-electron chi connectivity index (χ1n) is 9.20. The average Bonchev–Trinajstić information content (AvgIpc) is 2.49. The number of aryl methyl sites for hydroxylation is 1. The second-order valence-corrected chi connectivity index (χ2v) is 7.80. The number of benzene rings is 1. The molecular weight excluding hydrogens is 312 g/mol. The molecule has 0 aliphatic carbocycles. The SMILES string of the molecule is CC(C)=CCC/C(C)=C/CC[C@@]1(C)Oc2cc(C)cc(O)c2C[C@@H]1O. The van der Waals surface area contributed by atoms with E-state index in [1.807, 2.05) is 19.9 Å². The lowest BCUT2D eigenvalue weighted by molar-refractivity contribution is -0.0592. The molecule has 1 heterocycles. The number of aliphatic hydroxyl groups is 1. The molecule has 1 aliphatic rings. The monoisotopic (exact) mass is 344 g/mol. The van der Waals surface area contributed by atoms with Crippen molar-refractivity contribution in [3.05, 3.63) is 46.6 Å². The first-order valence-corrected chi connectivity index (χ1v) is 9.20. The summed E-state index contributed by atoms with van der Waals surface area (Å²) in [6.07, 6.45) is 8.11. The van der Waals surface area contributed by atoms with E-state index in [4.69, 9.17) is 4.74 Å². The number of rotatable bonds is 6. The Bertz CT molecular complexity index is 668. The molecule has 138 valence electrons. The summed E-state index contributed by atoms with van der Waals surface area (Å²) < 4.78 is 6.14. The fourth-order valence-electron chi connectivity index (χ4n) is 3.30. The maximum atomic E-state index is 10.6. The molecule has 0 spiro atoms. The van der Waals surface area contributed by atoms with E-state index in [0.29, 0.717) is 17.7 Å². The Morgan fingerprint density at radius 3 is 2.64 bits per heavy atom. The van der Waals surface area contributed by atoms with Crippen molar-refractivity contribution in [3.63, 3.8) is 0 Å². The minimum absolute atomic E-state index is 0.214. The van der Waals surface area contributed by atoms with E-state index in [0.717, 1.165) is 31.2 Å². The lowest BCUT2D eigenvalue weighted by Crippen LogP contribution is -2.48. The van der Waals surface area contributed by atoms with Crippen LogP contribution in [0.4, 0.5) is 0 Å². The zero-order valence-corrected chi connectivity index (χ0v) is 16.2. The number of phenolic OH excluding ortho intramolecular Hbond substituents is 1. The second kappa shape index (κ2) is 8.09. The third-order valence-corrected chi connectivity index (χ3v) is 5.00. The van der Waals surface area contributed by atoms with Crippen LogP contribution in [-0.2, 0) is 6.42 Å². The highest BCUT2D eigenvalue weighted by Crippen LogP contribution is 2.40. The van der Waals surface area contributed by atoms with Crippen LogP contribution in [0.25, 0.3) is 0 Å². The van der Waals surface area contributed by atoms with Gasteiger partial charge in [0.2, 0.25) is 0 Å². The van der Waals surface area contributed by atoms with Gasteiger partial charge in [-0.05, 0) is 78.0 Å². The van der Waals surface area contributed by atoms with Crippen molar-refractivity contribution in [2.75, 3.05) is 0 Å². The number of phenols is 1. The van der Waals surface area contributed by atoms with Gasteiger partial charge < -0.3 is 14.9 Å². The minimum atomic E-state index is -0.621. The fourth-order valence-corrected chi connectivity index (χ4v) is 3.30. The molecule has 1 aromatic rings. The Labute approximate surface area is 152 Å². The molecule has 3 nitrogen and oxygen atoms in total. The molecule has 1 aromatic carbocycles. The predicted molar refractivity (Wildman–Crippen MR) is 103 cm³/mol. The maximum Gasteiger partial charge on any atom is 0.133 e. The van der Waals surface area contributed by atoms with Gasteiger partial charge in [0.05, 0.1) is 6.10 Å². The molecule has 0 saturated carbocycles. The van der Waals surface area contributed by atoms with Crippen molar-refractivity contribution in [1.29, 1.82) is 0 Å². The summed E-state index contributed by atoms with van der Waals surface area (Å²) in [6, 6.07) is 3.66. The number of ether oxygens (including phenoxy) is 1. The summed E-state index contributed by atoms with van der Waals surface area (Å²) >= 11 is 0. The Morgan fingerprint density at radius 2 is 1.96 bits per heavy atom. The third kappa shape index (κ3) is 5.12. The molecule has 0 fully saturated rings. The second-order valence-electron chi connectivity index (χ2n) is 7.80. The number of aromatic hydroxyl groups is 1. The molecule has 3 heteroatoms. The predicted octanol–water partition coefficient (Wildman–Crippen LogP) is 5.23. The van der Waals surface area contributed by atoms with Crippen LogP contribution in [-0.4, -0.2) is 21.9 Å². The van der Waals surface area contributed by atoms with Crippen molar-refractivity contribution >= 4 is 0 Å². The van der Waals surface area contributed by atoms with Crippen LogP contribution in [0, 0.1) is 6.92 Å². The van der Waals surface area contributed by atoms with Gasteiger partial charge in [0, 0.05) is 12.0 Å². The highest BCUT2D eigenvalue weighted by atomic mass is 16.5. The topological polar surface area (TPSA) is 49.7 Å². The minimum Gasteiger partial charge on any atom is -0.508 e. The maximum absolute atomic E-state index is 10.6. The smallest absolute Gasteiger partial charge is 0.133 e. The number of hydrogen-bond acceptors (Lipinski definition) is 3. The zero-order chi connectivity index (χ0) is 18.6. The van der Waals surface area contributed by atoms with E-state index in [2.05, 4.69) is 32.9 Å². The van der Waals surface area contributed by atoms with Gasteiger partial charge in [-0.1, -0.05) is 23.3 Å². The molecule has 25 heavy (non-hydrogen) atoms. The third-order valence-electron chi connectivity index (χ3n) is 5.00. The summed E-state index contributed by atoms with van der Waals surface area (Å²) in [5.41, 5.74) is 3.79. The van der Waals surface area contributed by atoms with Gasteiger partial charge in [0.25, 0.3) is 0 Å². The van der Waals surface area contributed by atoms with E-state index in [1.165, 1.54) is 11.1 Å². The van der Waals surface area contributed by atoms with E-state index in [9.17, 15) is 10.2 Å². The average molecular weight is 344 g/mol. The summed E-state index contributed by atoms with van der Waals surface area (Å²) in [5.74, 6) is 0.917. The van der Waals surface area contributed by atoms with Gasteiger partial charge in [-0.15, -0.1) is 0 Å². The van der Waals surface area contributed by atoms with E-state index >= 15 is 0 Å². The highest BCUT2D eigenvalue weighted by molar-refractivity contribution is 5.49. The molecule has 2 rings (SSSR count). The van der Waals surface area contributed by atoms with Gasteiger partial charge in [0.1, 0.15) is 17.1 Å². The van der Waals surface area contributed by atoms with E-state index in [1.54, 1.807) is 6.07 Å². The molecule has 0 saturated heterocycles. The van der Waals surface area contributed by atoms with Crippen molar-refractivity contribution in [3.8, 4) is 11.5 Å². The number of allylic oxidation sites excluding steroid dienone is 4. The molecule has 1 aliphatic heterocycles. The van der Waals surface area contributed by atoms with Crippen molar-refractivity contribution < 1.29 is 14.9 Å². The molecule has 0 radical (unpaired) electrons. The van der Waals surface area contributed by atoms with Crippen LogP contribution in [0.15, 0.2) is 35.4 Å². The molecule has 0 bridgehead atoms. The largest absolute Gasteiger partial charge is 0.508 e. The molecule has 0 aromatic heterocycles. The Hall–Kier alpha value is -1.74. The Morgan fingerprint density at radius 1 is 1.24 bits per heavy atom. The fraction of sp³-hybridized carbons (Fsp3) is 0.545. The van der Waals surface area contributed by atoms with Crippen LogP contribution in [0.2, 0.25) is 0 Å². The first-order chi connectivity index (χ1) is 11.7. The molecule has 0 amide bonds. The normalized spacial score (nSPS) is 23.0. The lowest BCUT2D eigenvalue weighted by Gasteiger charge is -2.40. The van der Waals surface area contributed by atoms with Crippen molar-refractivity contribution in [2.45, 2.75) is 78.4 Å². The molecule has 2 atom stereocenters. The Balaban J connectivity index is 2.00. The number of aliphatic hydroxyl groups excluding tert-OH is 1. The van der Waals surface area contributed by atoms with E-state index < -0.39 is 11.7 Å². The quantitative estimate of drug-likeness (QED) is 0.695. The molecular formula is C22H32O3. The van der Waals surface area contributed by atoms with Gasteiger partial charge in [0.15, 0.2) is 0 Å². The summed E-state index contributed by atoms with van der Waals surface area (Å²) in [4.78, 5) is 0. The van der Waals surface area contributed by atoms with Gasteiger partial charge in [-0.25, -0.2) is 0 Å². The summed E-state index contributed by atoms with van der Waals surface area (Å²) in [7, 11) is 0. The van der Waals surface area contributed by atoms with Crippen molar-refractivity contribution in [2.24, 2.45) is 0 Å². The molecule has 0 unspecified atom stereocenters. The lowest BCUT2D eigenvalue weighted by atomic mass is 9.85. The zero-order valence-electron chi connectivity index (χ0n) is 16.2. The van der Waals surface area contributed by atoms with Crippen LogP contribution < -0.4 is 4.74 Å². The van der Waals surface area contributed by atoms with Crippen molar-refractivity contribution in [1.82, 2.24) is 0 Å². The summed E-state index contributed by atoms with van der Waals surface area (Å²) in [6.45, 7) is 10.3. The Kier molecular flexibility index (Phi) is 6.34. The van der Waals surface area contributed by atoms with Gasteiger partial charge in [-0.3, -0.25) is 0 Å². The summed E-state index contributed by atoms with van der Waals surface area (Å²) in [5, 5.41) is 20.7. The number of hydrogen-bond donors (Lipinski definition) is 2. The standard InChI is InChI=1S/C22H32O3/c1-15(2)8-6-9-16(3)10-7-11-22(5)21(24)14-18-19(23)12-17(4)13-20(18)25-22/h8,10,12-13,21,23-24H,6-7,9,11,14H2,1-5H3/b16-10+/t21-,22+/m0/s1. The highest BCUT2D eigenvalue weighted by Gasteiger charge is 2.40. The van der Waals surface area contributed by atoms with Crippen LogP contribution in [0.3, 0.4) is 0 Å². The van der Waals surface area contributed by atoms with Crippen LogP contribution in [0.5, 0.6) is 11.5 Å². The molecule has 2 N–H and O–H groups in total. The van der Waals surface area contributed by atoms with E-state index in [-0.39, 0.29) is 5.75 Å². The van der Waals surface area contributed by atoms with Crippen LogP contribution in [0.1, 0.15) is 64.5 Å². The van der Waals surface area contributed by atoms with Gasteiger partial charge >= 0.3 is 0 Å². The van der Waals surface area contributed by atoms with Gasteiger partial charge in [-0.2, -0.15) is 0 Å². The first kappa shape index (κ1) is 19.6. The van der Waals surface area contributed by atoms with Crippen LogP contribution >= 0.6 is 0 Å².